The van der Waals surface area contributed by atoms with Crippen molar-refractivity contribution >= 4 is 17.8 Å². The van der Waals surface area contributed by atoms with Crippen LogP contribution >= 0.6 is 0 Å². The van der Waals surface area contributed by atoms with Gasteiger partial charge in [-0.1, -0.05) is 13.8 Å². The Balaban J connectivity index is 2.64. The molecule has 0 saturated heterocycles. The van der Waals surface area contributed by atoms with Gasteiger partial charge in [-0.15, -0.1) is 0 Å². The van der Waals surface area contributed by atoms with Crippen LogP contribution in [0.4, 0.5) is 0 Å². The van der Waals surface area contributed by atoms with Gasteiger partial charge in [0.2, 0.25) is 11.8 Å². The highest BCUT2D eigenvalue weighted by molar-refractivity contribution is 5.88. The molecule has 0 unspecified atom stereocenters. The van der Waals surface area contributed by atoms with Gasteiger partial charge in [0.05, 0.1) is 6.54 Å². The van der Waals surface area contributed by atoms with Crippen LogP contribution in [0, 0.1) is 5.41 Å². The zero-order chi connectivity index (χ0) is 18.3. The van der Waals surface area contributed by atoms with E-state index in [1.165, 1.54) is 9.80 Å². The standard InChI is InChI=1S/C17H33N5O2/c1-17(2)9-7-13(8-10-17)20-16(18-11-14(23)21(3)4)19-12-15(24)22(5)6/h13H,7-12H2,1-6H3,(H2,18,19,20). The average molecular weight is 339 g/mol. The molecule has 2 N–H and O–H groups in total. The van der Waals surface area contributed by atoms with E-state index in [1.54, 1.807) is 28.2 Å². The van der Waals surface area contributed by atoms with E-state index < -0.39 is 0 Å². The average Bonchev–Trinajstić information content (AvgIpc) is 2.50. The van der Waals surface area contributed by atoms with Gasteiger partial charge < -0.3 is 20.4 Å². The van der Waals surface area contributed by atoms with E-state index in [0.29, 0.717) is 17.4 Å². The van der Waals surface area contributed by atoms with E-state index in [4.69, 9.17) is 0 Å². The second-order valence-corrected chi connectivity index (χ2v) is 7.68. The highest BCUT2D eigenvalue weighted by Crippen LogP contribution is 2.34. The summed E-state index contributed by atoms with van der Waals surface area (Å²) in [6.45, 7) is 4.81. The largest absolute Gasteiger partial charge is 0.354 e. The molecule has 1 aliphatic carbocycles. The molecule has 0 aromatic heterocycles. The van der Waals surface area contributed by atoms with E-state index in [0.717, 1.165) is 25.7 Å². The normalized spacial score (nSPS) is 18.0. The van der Waals surface area contributed by atoms with Crippen molar-refractivity contribution in [1.29, 1.82) is 0 Å². The molecule has 0 aromatic carbocycles. The number of likely N-dealkylation sites (N-methyl/N-ethyl adjacent to an activating group) is 2. The quantitative estimate of drug-likeness (QED) is 0.570. The number of hydrogen-bond acceptors (Lipinski definition) is 3. The third-order valence-electron chi connectivity index (χ3n) is 4.46. The lowest BCUT2D eigenvalue weighted by Crippen LogP contribution is -2.48. The number of aliphatic imine (C=N–C) groups is 1. The fraction of sp³-hybridized carbons (Fsp3) is 0.824. The Morgan fingerprint density at radius 3 is 2.08 bits per heavy atom. The van der Waals surface area contributed by atoms with Crippen LogP contribution in [0.15, 0.2) is 4.99 Å². The monoisotopic (exact) mass is 339 g/mol. The van der Waals surface area contributed by atoms with Crippen molar-refractivity contribution in [3.05, 3.63) is 0 Å². The smallest absolute Gasteiger partial charge is 0.243 e. The lowest BCUT2D eigenvalue weighted by molar-refractivity contribution is -0.127. The lowest BCUT2D eigenvalue weighted by Gasteiger charge is -2.35. The Morgan fingerprint density at radius 1 is 1.04 bits per heavy atom. The third kappa shape index (κ3) is 7.19. The van der Waals surface area contributed by atoms with Gasteiger partial charge in [-0.3, -0.25) is 9.59 Å². The van der Waals surface area contributed by atoms with Gasteiger partial charge in [0.15, 0.2) is 5.96 Å². The predicted octanol–water partition coefficient (Wildman–Crippen LogP) is 0.667. The topological polar surface area (TPSA) is 77.0 Å². The first-order chi connectivity index (χ1) is 11.1. The highest BCUT2D eigenvalue weighted by Gasteiger charge is 2.27. The summed E-state index contributed by atoms with van der Waals surface area (Å²) in [6.07, 6.45) is 4.45. The molecule has 1 saturated carbocycles. The van der Waals surface area contributed by atoms with Crippen LogP contribution in [0.5, 0.6) is 0 Å². The fourth-order valence-electron chi connectivity index (χ4n) is 2.50. The Morgan fingerprint density at radius 2 is 1.58 bits per heavy atom. The van der Waals surface area contributed by atoms with Crippen molar-refractivity contribution in [2.45, 2.75) is 45.6 Å². The number of nitrogens with zero attached hydrogens (tertiary/aromatic N) is 3. The number of hydrogen-bond donors (Lipinski definition) is 2. The molecule has 7 nitrogen and oxygen atoms in total. The lowest BCUT2D eigenvalue weighted by atomic mass is 9.75. The zero-order valence-corrected chi connectivity index (χ0v) is 16.0. The summed E-state index contributed by atoms with van der Waals surface area (Å²) >= 11 is 0. The summed E-state index contributed by atoms with van der Waals surface area (Å²) in [7, 11) is 6.84. The Kier molecular flexibility index (Phi) is 7.51. The summed E-state index contributed by atoms with van der Waals surface area (Å²) in [6, 6.07) is 0.327. The van der Waals surface area contributed by atoms with Crippen LogP contribution < -0.4 is 10.6 Å². The van der Waals surface area contributed by atoms with Crippen molar-refractivity contribution in [2.75, 3.05) is 41.3 Å². The molecule has 0 spiro atoms. The maximum Gasteiger partial charge on any atom is 0.243 e. The number of nitrogens with one attached hydrogen (secondary N) is 2. The van der Waals surface area contributed by atoms with Crippen LogP contribution in [0.2, 0.25) is 0 Å². The highest BCUT2D eigenvalue weighted by atomic mass is 16.2. The SMILES string of the molecule is CN(C)C(=O)CN=C(NCC(=O)N(C)C)NC1CCC(C)(C)CC1. The summed E-state index contributed by atoms with van der Waals surface area (Å²) in [4.78, 5) is 30.9. The van der Waals surface area contributed by atoms with Gasteiger partial charge >= 0.3 is 0 Å². The summed E-state index contributed by atoms with van der Waals surface area (Å²) in [5.41, 5.74) is 0.394. The van der Waals surface area contributed by atoms with Gasteiger partial charge in [-0.05, 0) is 31.1 Å². The molecule has 1 rings (SSSR count). The molecule has 24 heavy (non-hydrogen) atoms. The van der Waals surface area contributed by atoms with E-state index >= 15 is 0 Å². The summed E-state index contributed by atoms with van der Waals surface area (Å²) in [5.74, 6) is 0.429. The molecule has 0 radical (unpaired) electrons. The molecule has 1 aliphatic rings. The zero-order valence-electron chi connectivity index (χ0n) is 16.0. The van der Waals surface area contributed by atoms with Crippen LogP contribution in [0.25, 0.3) is 0 Å². The molecule has 0 aromatic rings. The summed E-state index contributed by atoms with van der Waals surface area (Å²) < 4.78 is 0. The van der Waals surface area contributed by atoms with Crippen LogP contribution in [-0.4, -0.2) is 74.9 Å². The van der Waals surface area contributed by atoms with Crippen LogP contribution in [0.1, 0.15) is 39.5 Å². The third-order valence-corrected chi connectivity index (χ3v) is 4.46. The molecular weight excluding hydrogens is 306 g/mol. The van der Waals surface area contributed by atoms with E-state index in [1.807, 2.05) is 0 Å². The number of guanidine groups is 1. The number of carbonyl (C=O) groups excluding carboxylic acids is 2. The molecule has 0 bridgehead atoms. The Bertz CT molecular complexity index is 462. The minimum Gasteiger partial charge on any atom is -0.354 e. The maximum absolute atomic E-state index is 11.8. The van der Waals surface area contributed by atoms with E-state index in [9.17, 15) is 9.59 Å². The van der Waals surface area contributed by atoms with Gasteiger partial charge in [0.25, 0.3) is 0 Å². The molecule has 1 fully saturated rings. The molecule has 2 amide bonds. The second-order valence-electron chi connectivity index (χ2n) is 7.68. The van der Waals surface area contributed by atoms with Crippen LogP contribution in [-0.2, 0) is 9.59 Å². The van der Waals surface area contributed by atoms with Crippen LogP contribution in [0.3, 0.4) is 0 Å². The first-order valence-electron chi connectivity index (χ1n) is 8.56. The van der Waals surface area contributed by atoms with E-state index in [-0.39, 0.29) is 24.9 Å². The van der Waals surface area contributed by atoms with Gasteiger partial charge in [-0.25, -0.2) is 4.99 Å². The number of amides is 2. The predicted molar refractivity (Wildman–Crippen MR) is 96.9 cm³/mol. The Hall–Kier alpha value is -1.79. The minimum absolute atomic E-state index is 0.0341. The van der Waals surface area contributed by atoms with Gasteiger partial charge in [-0.2, -0.15) is 0 Å². The number of carbonyl (C=O) groups is 2. The van der Waals surface area contributed by atoms with Gasteiger partial charge in [0, 0.05) is 34.2 Å². The maximum atomic E-state index is 11.8. The van der Waals surface area contributed by atoms with Crippen molar-refractivity contribution in [2.24, 2.45) is 10.4 Å². The molecule has 138 valence electrons. The first kappa shape index (κ1) is 20.3. The van der Waals surface area contributed by atoms with Gasteiger partial charge in [0.1, 0.15) is 6.54 Å². The number of rotatable bonds is 5. The second kappa shape index (κ2) is 8.89. The molecule has 7 heteroatoms. The molecule has 0 heterocycles. The molecule has 0 aliphatic heterocycles. The first-order valence-corrected chi connectivity index (χ1v) is 8.56. The van der Waals surface area contributed by atoms with Crippen molar-refractivity contribution in [3.63, 3.8) is 0 Å². The Labute approximate surface area is 145 Å². The van der Waals surface area contributed by atoms with Crippen molar-refractivity contribution in [1.82, 2.24) is 20.4 Å². The fourth-order valence-corrected chi connectivity index (χ4v) is 2.50. The van der Waals surface area contributed by atoms with Crippen molar-refractivity contribution < 1.29 is 9.59 Å². The summed E-state index contributed by atoms with van der Waals surface area (Å²) in [5, 5.41) is 6.42. The molecular formula is C17H33N5O2. The van der Waals surface area contributed by atoms with E-state index in [2.05, 4.69) is 29.5 Å². The minimum atomic E-state index is -0.0696. The molecule has 0 atom stereocenters. The van der Waals surface area contributed by atoms with Crippen molar-refractivity contribution in [3.8, 4) is 0 Å².